The van der Waals surface area contributed by atoms with Crippen LogP contribution in [0.15, 0.2) is 88.8 Å². The molecule has 0 saturated carbocycles. The number of carboxylic acid groups (broad SMARTS) is 1. The smallest absolute Gasteiger partial charge is 0.335 e. The maximum absolute atomic E-state index is 12.8. The van der Waals surface area contributed by atoms with Crippen LogP contribution in [0.3, 0.4) is 0 Å². The molecule has 190 valence electrons. The summed E-state index contributed by atoms with van der Waals surface area (Å²) in [5.41, 5.74) is 2.34. The van der Waals surface area contributed by atoms with E-state index in [0.717, 1.165) is 16.3 Å². The minimum Gasteiger partial charge on any atom is -0.486 e. The van der Waals surface area contributed by atoms with Gasteiger partial charge in [0.15, 0.2) is 10.9 Å². The lowest BCUT2D eigenvalue weighted by Gasteiger charge is -2.12. The third-order valence-corrected chi connectivity index (χ3v) is 7.48. The van der Waals surface area contributed by atoms with Crippen molar-refractivity contribution in [1.29, 1.82) is 0 Å². The molecule has 0 atom stereocenters. The number of ether oxygens (including phenoxy) is 1. The number of hydrogen-bond acceptors (Lipinski definition) is 5. The van der Waals surface area contributed by atoms with Crippen molar-refractivity contribution in [3.8, 4) is 5.75 Å². The predicted molar refractivity (Wildman–Crippen MR) is 154 cm³/mol. The van der Waals surface area contributed by atoms with E-state index in [0.29, 0.717) is 43.7 Å². The van der Waals surface area contributed by atoms with Gasteiger partial charge in [-0.3, -0.25) is 9.69 Å². The molecular weight excluding hydrogens is 543 g/mol. The molecule has 1 N–H and O–H groups in total. The topological polar surface area (TPSA) is 79.2 Å². The molecule has 0 aromatic heterocycles. The average molecular weight is 563 g/mol. The Balaban J connectivity index is 1.32. The lowest BCUT2D eigenvalue weighted by atomic mass is 10.1. The second-order valence-corrected chi connectivity index (χ2v) is 10.3. The molecule has 0 radical (unpaired) electrons. The molecule has 1 heterocycles. The summed E-state index contributed by atoms with van der Waals surface area (Å²) in [6, 6.07) is 23.7. The van der Waals surface area contributed by atoms with Crippen LogP contribution in [0.5, 0.6) is 5.75 Å². The molecule has 4 aromatic rings. The van der Waals surface area contributed by atoms with Crippen LogP contribution in [0.1, 0.15) is 21.5 Å². The van der Waals surface area contributed by atoms with Gasteiger partial charge in [0.1, 0.15) is 6.61 Å². The van der Waals surface area contributed by atoms with Gasteiger partial charge in [0.2, 0.25) is 0 Å². The summed E-state index contributed by atoms with van der Waals surface area (Å²) < 4.78 is 5.95. The van der Waals surface area contributed by atoms with Gasteiger partial charge in [-0.15, -0.1) is 0 Å². The fraction of sp³-hybridized carbons (Fsp3) is 0.0690. The zero-order chi connectivity index (χ0) is 26.8. The number of benzene rings is 4. The molecule has 9 heteroatoms. The number of carbonyl (C=O) groups is 2. The van der Waals surface area contributed by atoms with Crippen LogP contribution in [-0.2, 0) is 11.4 Å². The lowest BCUT2D eigenvalue weighted by Crippen LogP contribution is -2.23. The van der Waals surface area contributed by atoms with Crippen LogP contribution >= 0.6 is 35.0 Å². The standard InChI is InChI=1S/C29H20Cl2N2O4S/c1-33-27(34)25(38-29(33)32-22-10-8-20(9-11-22)28(35)36)15-18-13-23(30)26(24(31)14-18)37-16-17-6-7-19-4-2-3-5-21(19)12-17/h2-15H,16H2,1H3,(H,35,36)/b25-15-,32-29?. The van der Waals surface area contributed by atoms with Gasteiger partial charge in [-0.1, -0.05) is 59.6 Å². The predicted octanol–water partition coefficient (Wildman–Crippen LogP) is 7.66. The fourth-order valence-electron chi connectivity index (χ4n) is 3.88. The molecule has 0 unspecified atom stereocenters. The summed E-state index contributed by atoms with van der Waals surface area (Å²) >= 11 is 14.2. The highest BCUT2D eigenvalue weighted by molar-refractivity contribution is 8.18. The summed E-state index contributed by atoms with van der Waals surface area (Å²) in [7, 11) is 1.63. The highest BCUT2D eigenvalue weighted by Gasteiger charge is 2.30. The van der Waals surface area contributed by atoms with Gasteiger partial charge in [-0.2, -0.15) is 0 Å². The van der Waals surface area contributed by atoms with Gasteiger partial charge in [0.05, 0.1) is 26.2 Å². The Labute approximate surface area is 233 Å². The first kappa shape index (κ1) is 25.9. The SMILES string of the molecule is CN1C(=O)/C(=C/c2cc(Cl)c(OCc3ccc4ccccc4c3)c(Cl)c2)SC1=Nc1ccc(C(=O)O)cc1. The van der Waals surface area contributed by atoms with Crippen molar-refractivity contribution in [2.75, 3.05) is 7.05 Å². The van der Waals surface area contributed by atoms with Gasteiger partial charge >= 0.3 is 5.97 Å². The van der Waals surface area contributed by atoms with Crippen molar-refractivity contribution >= 4 is 74.5 Å². The van der Waals surface area contributed by atoms with E-state index in [9.17, 15) is 9.59 Å². The quantitative estimate of drug-likeness (QED) is 0.244. The molecule has 1 aliphatic heterocycles. The number of thioether (sulfide) groups is 1. The van der Waals surface area contributed by atoms with Crippen LogP contribution < -0.4 is 4.74 Å². The van der Waals surface area contributed by atoms with Crippen LogP contribution in [0, 0.1) is 0 Å². The zero-order valence-corrected chi connectivity index (χ0v) is 22.3. The molecular formula is C29H20Cl2N2O4S. The van der Waals surface area contributed by atoms with Crippen LogP contribution in [-0.4, -0.2) is 34.1 Å². The number of hydrogen-bond donors (Lipinski definition) is 1. The van der Waals surface area contributed by atoms with Gasteiger partial charge in [-0.05, 0) is 82.2 Å². The minimum absolute atomic E-state index is 0.163. The van der Waals surface area contributed by atoms with E-state index < -0.39 is 5.97 Å². The summed E-state index contributed by atoms with van der Waals surface area (Å²) in [5.74, 6) is -0.864. The van der Waals surface area contributed by atoms with Crippen molar-refractivity contribution in [3.05, 3.63) is 111 Å². The van der Waals surface area contributed by atoms with E-state index in [2.05, 4.69) is 17.1 Å². The second-order valence-electron chi connectivity index (χ2n) is 8.51. The first-order valence-electron chi connectivity index (χ1n) is 11.5. The van der Waals surface area contributed by atoms with E-state index in [4.69, 9.17) is 33.0 Å². The number of fused-ring (bicyclic) bond motifs is 1. The molecule has 0 bridgehead atoms. The zero-order valence-electron chi connectivity index (χ0n) is 20.0. The highest BCUT2D eigenvalue weighted by Crippen LogP contribution is 2.38. The van der Waals surface area contributed by atoms with Gasteiger partial charge in [0, 0.05) is 7.05 Å². The number of amidine groups is 1. The van der Waals surface area contributed by atoms with E-state index >= 15 is 0 Å². The Kier molecular flexibility index (Phi) is 7.42. The minimum atomic E-state index is -1.01. The third kappa shape index (κ3) is 5.55. The molecule has 1 aliphatic rings. The molecule has 0 spiro atoms. The summed E-state index contributed by atoms with van der Waals surface area (Å²) in [5, 5.41) is 12.5. The van der Waals surface area contributed by atoms with Crippen LogP contribution in [0.4, 0.5) is 5.69 Å². The Morgan fingerprint density at radius 1 is 1.00 bits per heavy atom. The highest BCUT2D eigenvalue weighted by atomic mass is 35.5. The number of aromatic carboxylic acids is 1. The van der Waals surface area contributed by atoms with E-state index in [1.165, 1.54) is 28.8 Å². The maximum atomic E-state index is 12.8. The Hall–Kier alpha value is -3.78. The number of halogens is 2. The van der Waals surface area contributed by atoms with Gasteiger partial charge < -0.3 is 9.84 Å². The second kappa shape index (κ2) is 10.9. The van der Waals surface area contributed by atoms with Crippen LogP contribution in [0.25, 0.3) is 16.8 Å². The van der Waals surface area contributed by atoms with Gasteiger partial charge in [0.25, 0.3) is 5.91 Å². The largest absolute Gasteiger partial charge is 0.486 e. The van der Waals surface area contributed by atoms with Crippen molar-refractivity contribution in [2.24, 2.45) is 4.99 Å². The number of aliphatic imine (C=N–C) groups is 1. The Bertz CT molecular complexity index is 1610. The number of carboxylic acids is 1. The number of rotatable bonds is 6. The third-order valence-electron chi connectivity index (χ3n) is 5.86. The van der Waals surface area contributed by atoms with Crippen molar-refractivity contribution in [2.45, 2.75) is 6.61 Å². The molecule has 5 rings (SSSR count). The molecule has 38 heavy (non-hydrogen) atoms. The Morgan fingerprint density at radius 2 is 1.68 bits per heavy atom. The normalized spacial score (nSPS) is 15.6. The number of carbonyl (C=O) groups excluding carboxylic acids is 1. The molecule has 6 nitrogen and oxygen atoms in total. The first-order chi connectivity index (χ1) is 18.3. The van der Waals surface area contributed by atoms with E-state index in [1.807, 2.05) is 30.3 Å². The average Bonchev–Trinajstić information content (AvgIpc) is 3.16. The molecule has 1 saturated heterocycles. The van der Waals surface area contributed by atoms with Crippen molar-refractivity contribution in [3.63, 3.8) is 0 Å². The maximum Gasteiger partial charge on any atom is 0.335 e. The summed E-state index contributed by atoms with van der Waals surface area (Å²) in [6.07, 6.45) is 1.70. The number of amides is 1. The molecule has 4 aromatic carbocycles. The monoisotopic (exact) mass is 562 g/mol. The Morgan fingerprint density at radius 3 is 2.37 bits per heavy atom. The lowest BCUT2D eigenvalue weighted by molar-refractivity contribution is -0.121. The number of likely N-dealkylation sites (N-methyl/N-ethyl adjacent to an activating group) is 1. The molecule has 1 fully saturated rings. The van der Waals surface area contributed by atoms with Gasteiger partial charge in [-0.25, -0.2) is 9.79 Å². The van der Waals surface area contributed by atoms with E-state index in [1.54, 1.807) is 37.4 Å². The fourth-order valence-corrected chi connectivity index (χ4v) is 5.48. The number of nitrogens with zero attached hydrogens (tertiary/aromatic N) is 2. The van der Waals surface area contributed by atoms with Crippen LogP contribution in [0.2, 0.25) is 10.0 Å². The van der Waals surface area contributed by atoms with E-state index in [-0.39, 0.29) is 11.5 Å². The summed E-state index contributed by atoms with van der Waals surface area (Å²) in [4.78, 5) is 30.3. The van der Waals surface area contributed by atoms with Crippen molar-refractivity contribution < 1.29 is 19.4 Å². The van der Waals surface area contributed by atoms with Crippen molar-refractivity contribution in [1.82, 2.24) is 4.90 Å². The first-order valence-corrected chi connectivity index (χ1v) is 13.0. The summed E-state index contributed by atoms with van der Waals surface area (Å²) in [6.45, 7) is 0.303. The molecule has 0 aliphatic carbocycles. The molecule has 1 amide bonds.